The summed E-state index contributed by atoms with van der Waals surface area (Å²) in [5.41, 5.74) is 1.49. The molecule has 2 rings (SSSR count). The van der Waals surface area contributed by atoms with Gasteiger partial charge < -0.3 is 10.3 Å². The van der Waals surface area contributed by atoms with Crippen molar-refractivity contribution >= 4 is 29.7 Å². The molecule has 0 bridgehead atoms. The van der Waals surface area contributed by atoms with Crippen LogP contribution in [-0.4, -0.2) is 16.9 Å². The average Bonchev–Trinajstić information content (AvgIpc) is 2.41. The third-order valence-electron chi connectivity index (χ3n) is 2.92. The first-order valence-electron chi connectivity index (χ1n) is 6.30. The van der Waals surface area contributed by atoms with Crippen molar-refractivity contribution in [3.8, 4) is 0 Å². The lowest BCUT2D eigenvalue weighted by molar-refractivity contribution is 0.0939. The number of benzene rings is 1. The summed E-state index contributed by atoms with van der Waals surface area (Å²) in [6.07, 6.45) is 2.38. The number of carbonyl (C=O) groups is 1. The maximum atomic E-state index is 12.1. The zero-order valence-electron chi connectivity index (χ0n) is 11.0. The molecular formula is C15H15ClN2OS. The Morgan fingerprint density at radius 1 is 1.35 bits per heavy atom. The van der Waals surface area contributed by atoms with Crippen LogP contribution in [-0.2, 0) is 6.42 Å². The summed E-state index contributed by atoms with van der Waals surface area (Å²) in [7, 11) is 0. The van der Waals surface area contributed by atoms with Gasteiger partial charge in [0.2, 0.25) is 0 Å². The van der Waals surface area contributed by atoms with Gasteiger partial charge in [-0.1, -0.05) is 42.0 Å². The van der Waals surface area contributed by atoms with Crippen molar-refractivity contribution in [2.45, 2.75) is 19.4 Å². The van der Waals surface area contributed by atoms with E-state index in [-0.39, 0.29) is 11.9 Å². The van der Waals surface area contributed by atoms with Gasteiger partial charge in [-0.2, -0.15) is 0 Å². The maximum absolute atomic E-state index is 12.1. The molecule has 0 aliphatic heterocycles. The highest BCUT2D eigenvalue weighted by atomic mass is 35.5. The summed E-state index contributed by atoms with van der Waals surface area (Å²) in [6.45, 7) is 1.94. The minimum absolute atomic E-state index is 0.0305. The minimum atomic E-state index is -0.175. The molecule has 2 N–H and O–H groups in total. The van der Waals surface area contributed by atoms with Crippen LogP contribution in [0, 0.1) is 4.64 Å². The fraction of sp³-hybridized carbons (Fsp3) is 0.200. The van der Waals surface area contributed by atoms with E-state index >= 15 is 0 Å². The van der Waals surface area contributed by atoms with Gasteiger partial charge in [0, 0.05) is 17.3 Å². The van der Waals surface area contributed by atoms with E-state index in [1.54, 1.807) is 18.3 Å². The van der Waals surface area contributed by atoms with Gasteiger partial charge in [0.05, 0.1) is 5.56 Å². The van der Waals surface area contributed by atoms with E-state index in [0.29, 0.717) is 21.6 Å². The fourth-order valence-electron chi connectivity index (χ4n) is 1.95. The molecule has 1 unspecified atom stereocenters. The molecule has 3 nitrogen and oxygen atoms in total. The molecule has 1 aromatic carbocycles. The Kier molecular flexibility index (Phi) is 4.93. The molecule has 0 saturated heterocycles. The standard InChI is InChI=1S/C15H15ClN2OS/c1-10(9-11-5-2-3-7-13(11)16)18-14(19)12-6-4-8-17-15(12)20/h2-8,10H,9H2,1H3,(H,17,20)(H,18,19). The number of carbonyl (C=O) groups excluding carboxylic acids is 1. The van der Waals surface area contributed by atoms with E-state index in [9.17, 15) is 4.79 Å². The topological polar surface area (TPSA) is 44.9 Å². The fourth-order valence-corrected chi connectivity index (χ4v) is 2.39. The number of H-pyrrole nitrogens is 1. The Morgan fingerprint density at radius 2 is 2.10 bits per heavy atom. The number of halogens is 1. The molecule has 0 aliphatic carbocycles. The van der Waals surface area contributed by atoms with Crippen LogP contribution >= 0.6 is 23.8 Å². The summed E-state index contributed by atoms with van der Waals surface area (Å²) < 4.78 is 0.440. The highest BCUT2D eigenvalue weighted by Gasteiger charge is 2.12. The molecule has 20 heavy (non-hydrogen) atoms. The van der Waals surface area contributed by atoms with Crippen molar-refractivity contribution in [1.29, 1.82) is 0 Å². The lowest BCUT2D eigenvalue weighted by Gasteiger charge is -2.14. The first-order chi connectivity index (χ1) is 9.58. The van der Waals surface area contributed by atoms with Crippen LogP contribution in [0.5, 0.6) is 0 Å². The van der Waals surface area contributed by atoms with Crippen LogP contribution in [0.3, 0.4) is 0 Å². The minimum Gasteiger partial charge on any atom is -0.352 e. The summed E-state index contributed by atoms with van der Waals surface area (Å²) in [5.74, 6) is -0.175. The zero-order valence-corrected chi connectivity index (χ0v) is 12.6. The molecule has 1 amide bonds. The third kappa shape index (κ3) is 3.68. The first kappa shape index (κ1) is 14.8. The highest BCUT2D eigenvalue weighted by molar-refractivity contribution is 7.71. The molecule has 5 heteroatoms. The zero-order chi connectivity index (χ0) is 14.5. The number of aromatic amines is 1. The number of hydrogen-bond acceptors (Lipinski definition) is 2. The van der Waals surface area contributed by atoms with Gasteiger partial charge in [0.1, 0.15) is 4.64 Å². The SMILES string of the molecule is CC(Cc1ccccc1Cl)NC(=O)c1ccc[nH]c1=S. The van der Waals surface area contributed by atoms with Crippen molar-refractivity contribution in [3.63, 3.8) is 0 Å². The van der Waals surface area contributed by atoms with Crippen molar-refractivity contribution in [2.24, 2.45) is 0 Å². The van der Waals surface area contributed by atoms with Gasteiger partial charge in [-0.15, -0.1) is 0 Å². The maximum Gasteiger partial charge on any atom is 0.254 e. The summed E-state index contributed by atoms with van der Waals surface area (Å²) in [6, 6.07) is 11.1. The summed E-state index contributed by atoms with van der Waals surface area (Å²) in [4.78, 5) is 15.0. The first-order valence-corrected chi connectivity index (χ1v) is 7.08. The van der Waals surface area contributed by atoms with Crippen LogP contribution in [0.25, 0.3) is 0 Å². The number of amides is 1. The number of hydrogen-bond donors (Lipinski definition) is 2. The van der Waals surface area contributed by atoms with Crippen molar-refractivity contribution in [1.82, 2.24) is 10.3 Å². The molecular weight excluding hydrogens is 292 g/mol. The quantitative estimate of drug-likeness (QED) is 0.845. The molecule has 0 aliphatic rings. The molecule has 0 spiro atoms. The van der Waals surface area contributed by atoms with Gasteiger partial charge in [-0.3, -0.25) is 4.79 Å². The molecule has 0 radical (unpaired) electrons. The Bertz CT molecular complexity index is 669. The lowest BCUT2D eigenvalue weighted by Crippen LogP contribution is -2.34. The van der Waals surface area contributed by atoms with Crippen LogP contribution in [0.15, 0.2) is 42.6 Å². The molecule has 1 heterocycles. The van der Waals surface area contributed by atoms with Crippen molar-refractivity contribution in [2.75, 3.05) is 0 Å². The van der Waals surface area contributed by atoms with Crippen LogP contribution < -0.4 is 5.32 Å². The van der Waals surface area contributed by atoms with Crippen molar-refractivity contribution < 1.29 is 4.79 Å². The van der Waals surface area contributed by atoms with E-state index in [2.05, 4.69) is 10.3 Å². The molecule has 1 atom stereocenters. The second-order valence-corrected chi connectivity index (χ2v) is 5.40. The Hall–Kier alpha value is -1.65. The number of pyridine rings is 1. The predicted octanol–water partition coefficient (Wildman–Crippen LogP) is 3.76. The largest absolute Gasteiger partial charge is 0.352 e. The Balaban J connectivity index is 2.04. The molecule has 104 valence electrons. The normalized spacial score (nSPS) is 11.9. The number of nitrogens with one attached hydrogen (secondary N) is 2. The van der Waals surface area contributed by atoms with Gasteiger partial charge in [0.15, 0.2) is 0 Å². The second-order valence-electron chi connectivity index (χ2n) is 4.58. The van der Waals surface area contributed by atoms with Crippen LogP contribution in [0.4, 0.5) is 0 Å². The second kappa shape index (κ2) is 6.68. The van der Waals surface area contributed by atoms with Gasteiger partial charge in [-0.05, 0) is 37.1 Å². The van der Waals surface area contributed by atoms with Gasteiger partial charge >= 0.3 is 0 Å². The van der Waals surface area contributed by atoms with Gasteiger partial charge in [0.25, 0.3) is 5.91 Å². The molecule has 0 fully saturated rings. The summed E-state index contributed by atoms with van der Waals surface area (Å²) >= 11 is 11.2. The van der Waals surface area contributed by atoms with E-state index in [4.69, 9.17) is 23.8 Å². The monoisotopic (exact) mass is 306 g/mol. The van der Waals surface area contributed by atoms with E-state index in [0.717, 1.165) is 5.56 Å². The smallest absolute Gasteiger partial charge is 0.254 e. The highest BCUT2D eigenvalue weighted by Crippen LogP contribution is 2.16. The molecule has 0 saturated carbocycles. The number of rotatable bonds is 4. The van der Waals surface area contributed by atoms with Gasteiger partial charge in [-0.25, -0.2) is 0 Å². The van der Waals surface area contributed by atoms with E-state index < -0.39 is 0 Å². The van der Waals surface area contributed by atoms with Crippen LogP contribution in [0.1, 0.15) is 22.8 Å². The average molecular weight is 307 g/mol. The molecule has 1 aromatic heterocycles. The summed E-state index contributed by atoms with van der Waals surface area (Å²) in [5, 5.41) is 3.64. The van der Waals surface area contributed by atoms with Crippen LogP contribution in [0.2, 0.25) is 5.02 Å². The Morgan fingerprint density at radius 3 is 2.80 bits per heavy atom. The predicted molar refractivity (Wildman–Crippen MR) is 83.7 cm³/mol. The number of aromatic nitrogens is 1. The van der Waals surface area contributed by atoms with E-state index in [1.165, 1.54) is 0 Å². The molecule has 2 aromatic rings. The van der Waals surface area contributed by atoms with E-state index in [1.807, 2.05) is 31.2 Å². The lowest BCUT2D eigenvalue weighted by atomic mass is 10.1. The Labute approximate surface area is 128 Å². The van der Waals surface area contributed by atoms with Crippen molar-refractivity contribution in [3.05, 3.63) is 63.4 Å². The third-order valence-corrected chi connectivity index (χ3v) is 3.63.